The number of benzene rings is 1. The molecular formula is C9H7BF3KO. The molecule has 2 rings (SSSR count). The summed E-state index contributed by atoms with van der Waals surface area (Å²) in [5.41, 5.74) is 0.465. The average Bonchev–Trinajstić information content (AvgIpc) is 2.50. The van der Waals surface area contributed by atoms with Crippen LogP contribution in [0.1, 0.15) is 5.56 Å². The second-order valence-electron chi connectivity index (χ2n) is 3.25. The average molecular weight is 238 g/mol. The molecule has 0 spiro atoms. The van der Waals surface area contributed by atoms with Gasteiger partial charge in [0.25, 0.3) is 0 Å². The van der Waals surface area contributed by atoms with Crippen molar-refractivity contribution in [3.8, 4) is 0 Å². The Bertz CT molecular complexity index is 478. The summed E-state index contributed by atoms with van der Waals surface area (Å²) in [5.74, 6) is 0. The molecule has 0 aliphatic carbocycles. The minimum absolute atomic E-state index is 0. The van der Waals surface area contributed by atoms with E-state index in [9.17, 15) is 12.9 Å². The maximum atomic E-state index is 12.4. The number of furan rings is 1. The summed E-state index contributed by atoms with van der Waals surface area (Å²) < 4.78 is 42.4. The Morgan fingerprint density at radius 2 is 1.87 bits per heavy atom. The van der Waals surface area contributed by atoms with Gasteiger partial charge < -0.3 is 17.4 Å². The number of halogens is 3. The molecule has 0 aliphatic rings. The van der Waals surface area contributed by atoms with E-state index in [0.29, 0.717) is 16.5 Å². The molecule has 0 atom stereocenters. The van der Waals surface area contributed by atoms with Gasteiger partial charge in [-0.3, -0.25) is 0 Å². The molecule has 0 N–H and O–H groups in total. The van der Waals surface area contributed by atoms with E-state index in [1.807, 2.05) is 0 Å². The van der Waals surface area contributed by atoms with Crippen molar-refractivity contribution in [3.63, 3.8) is 0 Å². The summed E-state index contributed by atoms with van der Waals surface area (Å²) in [6, 6.07) is 3.77. The summed E-state index contributed by atoms with van der Waals surface area (Å²) in [4.78, 5) is 0. The molecule has 0 saturated heterocycles. The minimum Gasteiger partial charge on any atom is -0.464 e. The largest absolute Gasteiger partial charge is 1.00 e. The summed E-state index contributed by atoms with van der Waals surface area (Å²) in [6.07, 6.45) is 1.39. The fourth-order valence-electron chi connectivity index (χ4n) is 1.48. The van der Waals surface area contributed by atoms with Crippen LogP contribution in [0.2, 0.25) is 0 Å². The van der Waals surface area contributed by atoms with E-state index >= 15 is 0 Å². The molecule has 1 aromatic carbocycles. The van der Waals surface area contributed by atoms with Gasteiger partial charge in [-0.1, -0.05) is 12.1 Å². The van der Waals surface area contributed by atoms with Crippen LogP contribution in [0.15, 0.2) is 28.9 Å². The SMILES string of the molecule is Cc1cc([B-](F)(F)F)cc2ccoc12.[K+]. The summed E-state index contributed by atoms with van der Waals surface area (Å²) in [6.45, 7) is -3.32. The normalized spacial score (nSPS) is 11.5. The number of aryl methyl sites for hydroxylation is 1. The Kier molecular flexibility index (Phi) is 4.11. The van der Waals surface area contributed by atoms with Gasteiger partial charge in [0, 0.05) is 5.39 Å². The van der Waals surface area contributed by atoms with Gasteiger partial charge >= 0.3 is 58.4 Å². The quantitative estimate of drug-likeness (QED) is 0.627. The topological polar surface area (TPSA) is 13.1 Å². The third-order valence-electron chi connectivity index (χ3n) is 2.14. The second-order valence-corrected chi connectivity index (χ2v) is 3.25. The minimum atomic E-state index is -4.93. The smallest absolute Gasteiger partial charge is 0.464 e. The zero-order valence-electron chi connectivity index (χ0n) is 8.43. The number of rotatable bonds is 1. The van der Waals surface area contributed by atoms with Gasteiger partial charge in [0.05, 0.1) is 6.26 Å². The Morgan fingerprint density at radius 1 is 1.20 bits per heavy atom. The first-order chi connectivity index (χ1) is 6.48. The fourth-order valence-corrected chi connectivity index (χ4v) is 1.48. The van der Waals surface area contributed by atoms with Crippen molar-refractivity contribution in [3.05, 3.63) is 30.0 Å². The van der Waals surface area contributed by atoms with Crippen LogP contribution in [-0.4, -0.2) is 6.98 Å². The summed E-state index contributed by atoms with van der Waals surface area (Å²) >= 11 is 0. The van der Waals surface area contributed by atoms with Crippen molar-refractivity contribution in [2.24, 2.45) is 0 Å². The molecular weight excluding hydrogens is 231 g/mol. The van der Waals surface area contributed by atoms with Crippen molar-refractivity contribution in [1.29, 1.82) is 0 Å². The molecule has 1 nitrogen and oxygen atoms in total. The molecule has 74 valence electrons. The van der Waals surface area contributed by atoms with E-state index in [1.165, 1.54) is 12.3 Å². The van der Waals surface area contributed by atoms with Crippen LogP contribution in [-0.2, 0) is 0 Å². The summed E-state index contributed by atoms with van der Waals surface area (Å²) in [5, 5.41) is 0.499. The molecule has 2 aromatic rings. The zero-order valence-corrected chi connectivity index (χ0v) is 11.6. The van der Waals surface area contributed by atoms with Crippen LogP contribution >= 0.6 is 0 Å². The maximum absolute atomic E-state index is 12.4. The fraction of sp³-hybridized carbons (Fsp3) is 0.111. The Morgan fingerprint density at radius 3 is 2.47 bits per heavy atom. The molecule has 0 amide bonds. The van der Waals surface area contributed by atoms with Crippen LogP contribution in [0.25, 0.3) is 11.0 Å². The number of fused-ring (bicyclic) bond motifs is 1. The Hall–Kier alpha value is 0.251. The van der Waals surface area contributed by atoms with E-state index in [4.69, 9.17) is 4.42 Å². The van der Waals surface area contributed by atoms with Gasteiger partial charge in [-0.25, -0.2) is 0 Å². The van der Waals surface area contributed by atoms with Gasteiger partial charge in [-0.2, -0.15) is 0 Å². The van der Waals surface area contributed by atoms with Crippen molar-refractivity contribution in [2.75, 3.05) is 0 Å². The van der Waals surface area contributed by atoms with E-state index < -0.39 is 12.4 Å². The van der Waals surface area contributed by atoms with Gasteiger partial charge in [-0.15, -0.1) is 5.46 Å². The third kappa shape index (κ3) is 2.68. The Labute approximate surface area is 127 Å². The van der Waals surface area contributed by atoms with Gasteiger partial charge in [0.2, 0.25) is 0 Å². The van der Waals surface area contributed by atoms with E-state index in [1.54, 1.807) is 6.92 Å². The maximum Gasteiger partial charge on any atom is 1.00 e. The van der Waals surface area contributed by atoms with Crippen LogP contribution in [0, 0.1) is 6.92 Å². The predicted molar refractivity (Wildman–Crippen MR) is 49.7 cm³/mol. The van der Waals surface area contributed by atoms with E-state index in [0.717, 1.165) is 12.1 Å². The monoisotopic (exact) mass is 238 g/mol. The van der Waals surface area contributed by atoms with Crippen molar-refractivity contribution >= 4 is 23.4 Å². The molecule has 0 aliphatic heterocycles. The van der Waals surface area contributed by atoms with Crippen LogP contribution < -0.4 is 56.8 Å². The van der Waals surface area contributed by atoms with Crippen molar-refractivity contribution in [1.82, 2.24) is 0 Å². The molecule has 0 unspecified atom stereocenters. The van der Waals surface area contributed by atoms with E-state index in [-0.39, 0.29) is 51.4 Å². The summed E-state index contributed by atoms with van der Waals surface area (Å²) in [7, 11) is 0. The molecule has 0 bridgehead atoms. The van der Waals surface area contributed by atoms with E-state index in [2.05, 4.69) is 0 Å². The van der Waals surface area contributed by atoms with Gasteiger partial charge in [0.1, 0.15) is 5.58 Å². The first-order valence-electron chi connectivity index (χ1n) is 4.16. The second kappa shape index (κ2) is 4.63. The molecule has 0 saturated carbocycles. The third-order valence-corrected chi connectivity index (χ3v) is 2.14. The number of hydrogen-bond donors (Lipinski definition) is 0. The van der Waals surface area contributed by atoms with Crippen LogP contribution in [0.3, 0.4) is 0 Å². The first kappa shape index (κ1) is 13.3. The molecule has 6 heteroatoms. The standard InChI is InChI=1S/C9H7BF3O.K/c1-6-4-8(10(11,12)13)5-7-2-3-14-9(6)7;/h2-5H,1H3;/q-1;+1. The Balaban J connectivity index is 0.00000112. The molecule has 0 radical (unpaired) electrons. The predicted octanol–water partition coefficient (Wildman–Crippen LogP) is -0.200. The number of hydrogen-bond acceptors (Lipinski definition) is 1. The van der Waals surface area contributed by atoms with Crippen LogP contribution in [0.5, 0.6) is 0 Å². The zero-order chi connectivity index (χ0) is 10.3. The first-order valence-corrected chi connectivity index (χ1v) is 4.16. The van der Waals surface area contributed by atoms with Gasteiger partial charge in [-0.05, 0) is 18.6 Å². The van der Waals surface area contributed by atoms with Crippen molar-refractivity contribution < 1.29 is 68.7 Å². The molecule has 15 heavy (non-hydrogen) atoms. The molecule has 0 fully saturated rings. The molecule has 1 heterocycles. The van der Waals surface area contributed by atoms with Crippen molar-refractivity contribution in [2.45, 2.75) is 6.92 Å². The molecule has 1 aromatic heterocycles. The van der Waals surface area contributed by atoms with Crippen LogP contribution in [0.4, 0.5) is 12.9 Å². The van der Waals surface area contributed by atoms with Gasteiger partial charge in [0.15, 0.2) is 0 Å².